The summed E-state index contributed by atoms with van der Waals surface area (Å²) in [6.07, 6.45) is -3.09. The van der Waals surface area contributed by atoms with Gasteiger partial charge in [0.05, 0.1) is 11.3 Å². The molecule has 0 fully saturated rings. The molecular formula is C26H32F3N3O4. The van der Waals surface area contributed by atoms with Crippen LogP contribution < -0.4 is 19.7 Å². The highest BCUT2D eigenvalue weighted by Crippen LogP contribution is 2.34. The lowest BCUT2D eigenvalue weighted by atomic mass is 9.97. The number of benzene rings is 2. The third kappa shape index (κ3) is 7.13. The molecule has 2 amide bonds. The number of hydrogen-bond donors (Lipinski definition) is 1. The Kier molecular flexibility index (Phi) is 8.84. The number of halogens is 3. The van der Waals surface area contributed by atoms with Crippen molar-refractivity contribution < 1.29 is 32.2 Å². The molecule has 1 aliphatic rings. The molecule has 10 heteroatoms. The molecule has 7 nitrogen and oxygen atoms in total. The molecule has 0 radical (unpaired) electrons. The number of para-hydroxylation sites is 2. The Morgan fingerprint density at radius 3 is 2.42 bits per heavy atom. The van der Waals surface area contributed by atoms with Crippen LogP contribution in [0.4, 0.5) is 18.9 Å². The average Bonchev–Trinajstić information content (AvgIpc) is 3.24. The van der Waals surface area contributed by atoms with E-state index < -0.39 is 12.8 Å². The van der Waals surface area contributed by atoms with E-state index in [4.69, 9.17) is 9.47 Å². The number of rotatable bonds is 10. The molecule has 0 aliphatic carbocycles. The van der Waals surface area contributed by atoms with E-state index in [2.05, 4.69) is 5.32 Å². The van der Waals surface area contributed by atoms with Crippen LogP contribution in [0.2, 0.25) is 0 Å². The predicted octanol–water partition coefficient (Wildman–Crippen LogP) is 3.84. The van der Waals surface area contributed by atoms with Crippen LogP contribution in [0.5, 0.6) is 11.5 Å². The molecule has 2 aromatic carbocycles. The zero-order valence-electron chi connectivity index (χ0n) is 20.9. The second-order valence-corrected chi connectivity index (χ2v) is 9.03. The fourth-order valence-corrected chi connectivity index (χ4v) is 4.19. The standard InChI is InChI=1S/C26H32F3N3O4/c1-17(30-10-12-35-22-7-5-6-8-23(22)36-16-26(27,28)29)13-19-14-20-9-11-32(18(2)33)24(20)21(15-19)25(34)31(3)4/h5-8,14-15,17,30H,9-13,16H2,1-4H3. The van der Waals surface area contributed by atoms with Gasteiger partial charge in [-0.05, 0) is 49.1 Å². The maximum atomic E-state index is 12.9. The minimum absolute atomic E-state index is 0.0380. The summed E-state index contributed by atoms with van der Waals surface area (Å²) in [5.41, 5.74) is 3.19. The first-order valence-corrected chi connectivity index (χ1v) is 11.8. The van der Waals surface area contributed by atoms with Crippen LogP contribution in [0.15, 0.2) is 36.4 Å². The molecule has 0 bridgehead atoms. The highest BCUT2D eigenvalue weighted by molar-refractivity contribution is 6.06. The van der Waals surface area contributed by atoms with Gasteiger partial charge in [-0.1, -0.05) is 18.2 Å². The number of carbonyl (C=O) groups excluding carboxylic acids is 2. The number of nitrogens with zero attached hydrogens (tertiary/aromatic N) is 2. The highest BCUT2D eigenvalue weighted by atomic mass is 19.4. The lowest BCUT2D eigenvalue weighted by Crippen LogP contribution is -2.32. The van der Waals surface area contributed by atoms with Gasteiger partial charge in [-0.2, -0.15) is 13.2 Å². The Bertz CT molecular complexity index is 1090. The van der Waals surface area contributed by atoms with Crippen molar-refractivity contribution in [2.45, 2.75) is 38.9 Å². The molecule has 1 atom stereocenters. The van der Waals surface area contributed by atoms with E-state index in [1.54, 1.807) is 37.2 Å². The van der Waals surface area contributed by atoms with E-state index in [1.807, 2.05) is 19.1 Å². The van der Waals surface area contributed by atoms with Crippen molar-refractivity contribution in [3.05, 3.63) is 53.1 Å². The van der Waals surface area contributed by atoms with Crippen molar-refractivity contribution in [2.24, 2.45) is 0 Å². The Labute approximate surface area is 209 Å². The van der Waals surface area contributed by atoms with Gasteiger partial charge in [0.2, 0.25) is 5.91 Å². The molecule has 0 saturated carbocycles. The summed E-state index contributed by atoms with van der Waals surface area (Å²) in [5.74, 6) is 0.0480. The molecule has 3 rings (SSSR count). The summed E-state index contributed by atoms with van der Waals surface area (Å²) < 4.78 is 47.9. The number of hydrogen-bond acceptors (Lipinski definition) is 5. The van der Waals surface area contributed by atoms with E-state index in [0.29, 0.717) is 37.2 Å². The Morgan fingerprint density at radius 2 is 1.81 bits per heavy atom. The predicted molar refractivity (Wildman–Crippen MR) is 131 cm³/mol. The summed E-state index contributed by atoms with van der Waals surface area (Å²) in [6, 6.07) is 10.2. The summed E-state index contributed by atoms with van der Waals surface area (Å²) in [4.78, 5) is 28.1. The van der Waals surface area contributed by atoms with Crippen LogP contribution in [0, 0.1) is 0 Å². The lowest BCUT2D eigenvalue weighted by Gasteiger charge is -2.22. The number of fused-ring (bicyclic) bond motifs is 1. The van der Waals surface area contributed by atoms with Gasteiger partial charge < -0.3 is 24.6 Å². The summed E-state index contributed by atoms with van der Waals surface area (Å²) in [7, 11) is 3.37. The average molecular weight is 508 g/mol. The molecular weight excluding hydrogens is 475 g/mol. The Hall–Kier alpha value is -3.27. The first-order valence-electron chi connectivity index (χ1n) is 11.8. The number of amides is 2. The quantitative estimate of drug-likeness (QED) is 0.495. The minimum Gasteiger partial charge on any atom is -0.488 e. The maximum absolute atomic E-state index is 12.9. The highest BCUT2D eigenvalue weighted by Gasteiger charge is 2.30. The molecule has 1 heterocycles. The molecule has 0 saturated heterocycles. The zero-order valence-corrected chi connectivity index (χ0v) is 20.9. The van der Waals surface area contributed by atoms with Gasteiger partial charge in [0.15, 0.2) is 18.1 Å². The largest absolute Gasteiger partial charge is 0.488 e. The molecule has 2 aromatic rings. The van der Waals surface area contributed by atoms with Crippen molar-refractivity contribution in [1.82, 2.24) is 10.2 Å². The molecule has 1 aliphatic heterocycles. The molecule has 1 unspecified atom stereocenters. The van der Waals surface area contributed by atoms with Gasteiger partial charge in [-0.3, -0.25) is 9.59 Å². The second-order valence-electron chi connectivity index (χ2n) is 9.03. The fourth-order valence-electron chi connectivity index (χ4n) is 4.19. The number of ether oxygens (including phenoxy) is 2. The topological polar surface area (TPSA) is 71.1 Å². The first-order chi connectivity index (χ1) is 17.0. The number of carbonyl (C=O) groups is 2. The van der Waals surface area contributed by atoms with E-state index in [1.165, 1.54) is 17.9 Å². The van der Waals surface area contributed by atoms with Gasteiger partial charge in [0.25, 0.3) is 5.91 Å². The van der Waals surface area contributed by atoms with Crippen LogP contribution in [0.3, 0.4) is 0 Å². The SMILES string of the molecule is CC(=O)N1CCc2cc(CC(C)NCCOc3ccccc3OCC(F)(F)F)cc(C(=O)N(C)C)c21. The summed E-state index contributed by atoms with van der Waals surface area (Å²) >= 11 is 0. The van der Waals surface area contributed by atoms with Crippen LogP contribution in [0.1, 0.15) is 35.3 Å². The minimum atomic E-state index is -4.43. The number of alkyl halides is 3. The van der Waals surface area contributed by atoms with Crippen LogP contribution >= 0.6 is 0 Å². The maximum Gasteiger partial charge on any atom is 0.422 e. The zero-order chi connectivity index (χ0) is 26.5. The normalized spacial score (nSPS) is 13.8. The lowest BCUT2D eigenvalue weighted by molar-refractivity contribution is -0.153. The second kappa shape index (κ2) is 11.6. The van der Waals surface area contributed by atoms with E-state index in [-0.39, 0.29) is 36.0 Å². The van der Waals surface area contributed by atoms with Gasteiger partial charge in [-0.25, -0.2) is 0 Å². The van der Waals surface area contributed by atoms with Crippen molar-refractivity contribution >= 4 is 17.5 Å². The molecule has 1 N–H and O–H groups in total. The van der Waals surface area contributed by atoms with Crippen molar-refractivity contribution in [3.8, 4) is 11.5 Å². The summed E-state index contributed by atoms with van der Waals surface area (Å²) in [6.45, 7) is 3.37. The molecule has 0 spiro atoms. The fraction of sp³-hybridized carbons (Fsp3) is 0.462. The third-order valence-electron chi connectivity index (χ3n) is 5.77. The van der Waals surface area contributed by atoms with Crippen LogP contribution in [-0.4, -0.2) is 69.3 Å². The smallest absolute Gasteiger partial charge is 0.422 e. The van der Waals surface area contributed by atoms with Gasteiger partial charge in [-0.15, -0.1) is 0 Å². The third-order valence-corrected chi connectivity index (χ3v) is 5.77. The monoisotopic (exact) mass is 507 g/mol. The van der Waals surface area contributed by atoms with Crippen molar-refractivity contribution in [1.29, 1.82) is 0 Å². The van der Waals surface area contributed by atoms with E-state index >= 15 is 0 Å². The van der Waals surface area contributed by atoms with Crippen LogP contribution in [-0.2, 0) is 17.6 Å². The summed E-state index contributed by atoms with van der Waals surface area (Å²) in [5, 5.41) is 3.34. The van der Waals surface area contributed by atoms with E-state index in [9.17, 15) is 22.8 Å². The van der Waals surface area contributed by atoms with Gasteiger partial charge in [0.1, 0.15) is 6.61 Å². The number of anilines is 1. The Balaban J connectivity index is 1.60. The molecule has 0 aromatic heterocycles. The van der Waals surface area contributed by atoms with Gasteiger partial charge in [0, 0.05) is 40.2 Å². The number of nitrogens with one attached hydrogen (secondary N) is 1. The first kappa shape index (κ1) is 27.3. The molecule has 196 valence electrons. The van der Waals surface area contributed by atoms with Crippen molar-refractivity contribution in [3.63, 3.8) is 0 Å². The Morgan fingerprint density at radius 1 is 1.14 bits per heavy atom. The van der Waals surface area contributed by atoms with E-state index in [0.717, 1.165) is 11.1 Å². The molecule has 36 heavy (non-hydrogen) atoms. The van der Waals surface area contributed by atoms with Crippen LogP contribution in [0.25, 0.3) is 0 Å². The van der Waals surface area contributed by atoms with Gasteiger partial charge >= 0.3 is 6.18 Å². The van der Waals surface area contributed by atoms with Crippen molar-refractivity contribution in [2.75, 3.05) is 45.3 Å².